The zero-order chi connectivity index (χ0) is 17.3. The molecule has 1 aromatic heterocycles. The van der Waals surface area contributed by atoms with Gasteiger partial charge in [-0.05, 0) is 24.6 Å². The highest BCUT2D eigenvalue weighted by atomic mass is 35.5. The average Bonchev–Trinajstić information content (AvgIpc) is 3.12. The van der Waals surface area contributed by atoms with Crippen molar-refractivity contribution in [2.24, 2.45) is 4.99 Å². The molecule has 2 heterocycles. The van der Waals surface area contributed by atoms with Gasteiger partial charge in [0, 0.05) is 22.8 Å². The molecule has 128 valence electrons. The highest BCUT2D eigenvalue weighted by Gasteiger charge is 2.25. The molecule has 3 rings (SSSR count). The third-order valence-corrected chi connectivity index (χ3v) is 4.98. The molecule has 0 aliphatic carbocycles. The summed E-state index contributed by atoms with van der Waals surface area (Å²) >= 11 is 13.2. The van der Waals surface area contributed by atoms with Gasteiger partial charge in [0.2, 0.25) is 0 Å². The first-order chi connectivity index (χ1) is 11.5. The molecule has 1 aliphatic rings. The third-order valence-electron chi connectivity index (χ3n) is 3.58. The van der Waals surface area contributed by atoms with Crippen LogP contribution in [0, 0.1) is 0 Å². The standard InChI is InChI=1S/C15H14Cl2FN3O2S/c16-9-3-10(17)5-12(4-9)21-7-13(8-22)24-15(21)19-14(23)20-2-1-11(18)6-20/h3-5,7,11,22H,1-2,6,8H2/b19-15-/t11-/m1/s1. The molecule has 1 aliphatic heterocycles. The van der Waals surface area contributed by atoms with E-state index in [0.717, 1.165) is 0 Å². The number of benzene rings is 1. The number of carbonyl (C=O) groups is 1. The minimum absolute atomic E-state index is 0.0591. The Kier molecular flexibility index (Phi) is 5.24. The highest BCUT2D eigenvalue weighted by Crippen LogP contribution is 2.22. The van der Waals surface area contributed by atoms with E-state index >= 15 is 0 Å². The van der Waals surface area contributed by atoms with Crippen molar-refractivity contribution in [2.75, 3.05) is 13.1 Å². The van der Waals surface area contributed by atoms with Crippen LogP contribution < -0.4 is 4.80 Å². The predicted octanol–water partition coefficient (Wildman–Crippen LogP) is 3.40. The van der Waals surface area contributed by atoms with Crippen molar-refractivity contribution in [1.29, 1.82) is 0 Å². The van der Waals surface area contributed by atoms with Gasteiger partial charge in [-0.2, -0.15) is 4.99 Å². The quantitative estimate of drug-likeness (QED) is 0.855. The molecule has 2 amide bonds. The number of nitrogens with zero attached hydrogens (tertiary/aromatic N) is 3. The van der Waals surface area contributed by atoms with Gasteiger partial charge in [-0.25, -0.2) is 9.18 Å². The number of rotatable bonds is 2. The Balaban J connectivity index is 2.03. The summed E-state index contributed by atoms with van der Waals surface area (Å²) in [5.41, 5.74) is 0.625. The number of aliphatic hydroxyl groups excluding tert-OH is 1. The minimum atomic E-state index is -1.00. The van der Waals surface area contributed by atoms with Gasteiger partial charge in [-0.15, -0.1) is 0 Å². The van der Waals surface area contributed by atoms with Crippen LogP contribution in [0.25, 0.3) is 5.69 Å². The van der Waals surface area contributed by atoms with Gasteiger partial charge in [-0.1, -0.05) is 34.5 Å². The zero-order valence-corrected chi connectivity index (χ0v) is 14.8. The molecule has 0 radical (unpaired) electrons. The van der Waals surface area contributed by atoms with E-state index in [1.165, 1.54) is 16.2 Å². The van der Waals surface area contributed by atoms with Gasteiger partial charge in [0.25, 0.3) is 0 Å². The van der Waals surface area contributed by atoms with E-state index in [1.54, 1.807) is 29.0 Å². The normalized spacial score (nSPS) is 18.4. The fraction of sp³-hybridized carbons (Fsp3) is 0.333. The number of urea groups is 1. The Morgan fingerprint density at radius 3 is 2.67 bits per heavy atom. The van der Waals surface area contributed by atoms with Crippen LogP contribution in [-0.4, -0.2) is 39.9 Å². The third kappa shape index (κ3) is 3.80. The van der Waals surface area contributed by atoms with Crippen molar-refractivity contribution >= 4 is 40.6 Å². The molecular weight excluding hydrogens is 376 g/mol. The molecule has 0 unspecified atom stereocenters. The summed E-state index contributed by atoms with van der Waals surface area (Å²) in [4.78, 5) is 18.7. The van der Waals surface area contributed by atoms with Crippen LogP contribution in [0.3, 0.4) is 0 Å². The first-order valence-corrected chi connectivity index (χ1v) is 8.80. The Hall–Kier alpha value is -1.41. The van der Waals surface area contributed by atoms with Gasteiger partial charge < -0.3 is 10.0 Å². The molecule has 9 heteroatoms. The summed E-state index contributed by atoms with van der Waals surface area (Å²) in [5.74, 6) is 0. The number of carbonyl (C=O) groups excluding carboxylic acids is 1. The van der Waals surface area contributed by atoms with Gasteiger partial charge in [0.05, 0.1) is 23.7 Å². The first kappa shape index (κ1) is 17.4. The maximum Gasteiger partial charge on any atom is 0.346 e. The van der Waals surface area contributed by atoms with Crippen LogP contribution in [0.15, 0.2) is 29.4 Å². The largest absolute Gasteiger partial charge is 0.391 e. The molecular formula is C15H14Cl2FN3O2S. The second-order valence-corrected chi connectivity index (χ2v) is 7.33. The van der Waals surface area contributed by atoms with Crippen LogP contribution in [0.2, 0.25) is 10.0 Å². The fourth-order valence-corrected chi connectivity index (χ4v) is 3.80. The highest BCUT2D eigenvalue weighted by molar-refractivity contribution is 7.09. The molecule has 24 heavy (non-hydrogen) atoms. The van der Waals surface area contributed by atoms with E-state index in [4.69, 9.17) is 23.2 Å². The minimum Gasteiger partial charge on any atom is -0.391 e. The van der Waals surface area contributed by atoms with Crippen molar-refractivity contribution < 1.29 is 14.3 Å². The van der Waals surface area contributed by atoms with Crippen molar-refractivity contribution in [2.45, 2.75) is 19.2 Å². The molecule has 5 nitrogen and oxygen atoms in total. The number of thiazole rings is 1. The summed E-state index contributed by atoms with van der Waals surface area (Å²) in [6, 6.07) is 4.46. The number of alkyl halides is 1. The summed E-state index contributed by atoms with van der Waals surface area (Å²) in [6.07, 6.45) is 0.998. The Morgan fingerprint density at radius 2 is 2.08 bits per heavy atom. The fourth-order valence-electron chi connectivity index (χ4n) is 2.45. The summed E-state index contributed by atoms with van der Waals surface area (Å²) in [7, 11) is 0. The van der Waals surface area contributed by atoms with Gasteiger partial charge in [0.1, 0.15) is 6.17 Å². The molecule has 1 atom stereocenters. The van der Waals surface area contributed by atoms with Crippen molar-refractivity contribution in [3.05, 3.63) is 44.1 Å². The van der Waals surface area contributed by atoms with E-state index in [0.29, 0.717) is 38.4 Å². The summed E-state index contributed by atoms with van der Waals surface area (Å²) < 4.78 is 14.9. The summed E-state index contributed by atoms with van der Waals surface area (Å²) in [5, 5.41) is 10.3. The lowest BCUT2D eigenvalue weighted by Crippen LogP contribution is -2.28. The van der Waals surface area contributed by atoms with Crippen LogP contribution in [-0.2, 0) is 6.61 Å². The van der Waals surface area contributed by atoms with Gasteiger partial charge in [-0.3, -0.25) is 4.57 Å². The number of aromatic nitrogens is 1. The SMILES string of the molecule is O=C(/N=c1\sc(CO)cn1-c1cc(Cl)cc(Cl)c1)N1CC[C@@H](F)C1. The van der Waals surface area contributed by atoms with E-state index < -0.39 is 12.2 Å². The van der Waals surface area contributed by atoms with Crippen molar-refractivity contribution in [1.82, 2.24) is 9.47 Å². The average molecular weight is 390 g/mol. The lowest BCUT2D eigenvalue weighted by atomic mass is 10.3. The van der Waals surface area contributed by atoms with Gasteiger partial charge >= 0.3 is 6.03 Å². The Labute approximate surface area is 151 Å². The maximum absolute atomic E-state index is 13.3. The van der Waals surface area contributed by atoms with Crippen LogP contribution in [0.4, 0.5) is 9.18 Å². The molecule has 0 spiro atoms. The first-order valence-electron chi connectivity index (χ1n) is 7.22. The number of aliphatic hydroxyl groups is 1. The molecule has 0 bridgehead atoms. The maximum atomic E-state index is 13.3. The van der Waals surface area contributed by atoms with E-state index in [2.05, 4.69) is 4.99 Å². The van der Waals surface area contributed by atoms with E-state index in [9.17, 15) is 14.3 Å². The molecule has 1 aromatic carbocycles. The Bertz CT molecular complexity index is 816. The molecule has 1 fully saturated rings. The number of hydrogen-bond acceptors (Lipinski definition) is 3. The topological polar surface area (TPSA) is 57.8 Å². The van der Waals surface area contributed by atoms with Crippen LogP contribution >= 0.6 is 34.5 Å². The monoisotopic (exact) mass is 389 g/mol. The van der Waals surface area contributed by atoms with Crippen LogP contribution in [0.1, 0.15) is 11.3 Å². The predicted molar refractivity (Wildman–Crippen MR) is 91.6 cm³/mol. The molecule has 2 aromatic rings. The van der Waals surface area contributed by atoms with E-state index in [-0.39, 0.29) is 13.2 Å². The number of halogens is 3. The van der Waals surface area contributed by atoms with Crippen molar-refractivity contribution in [3.8, 4) is 5.69 Å². The number of likely N-dealkylation sites (tertiary alicyclic amines) is 1. The second kappa shape index (κ2) is 7.23. The number of hydrogen-bond donors (Lipinski definition) is 1. The van der Waals surface area contributed by atoms with Crippen molar-refractivity contribution in [3.63, 3.8) is 0 Å². The van der Waals surface area contributed by atoms with Crippen LogP contribution in [0.5, 0.6) is 0 Å². The Morgan fingerprint density at radius 1 is 1.38 bits per heavy atom. The summed E-state index contributed by atoms with van der Waals surface area (Å²) in [6.45, 7) is 0.229. The second-order valence-electron chi connectivity index (χ2n) is 5.36. The molecule has 1 saturated heterocycles. The lowest BCUT2D eigenvalue weighted by Gasteiger charge is -2.11. The van der Waals surface area contributed by atoms with Gasteiger partial charge in [0.15, 0.2) is 4.80 Å². The molecule has 0 saturated carbocycles. The lowest BCUT2D eigenvalue weighted by molar-refractivity contribution is 0.213. The smallest absolute Gasteiger partial charge is 0.346 e. The number of amides is 2. The van der Waals surface area contributed by atoms with E-state index in [1.807, 2.05) is 0 Å². The molecule has 1 N–H and O–H groups in total. The zero-order valence-electron chi connectivity index (χ0n) is 12.5.